The fourth-order valence-corrected chi connectivity index (χ4v) is 4.39. The van der Waals surface area contributed by atoms with Crippen LogP contribution in [0.3, 0.4) is 0 Å². The molecule has 0 unspecified atom stereocenters. The van der Waals surface area contributed by atoms with Crippen molar-refractivity contribution in [2.75, 3.05) is 4.90 Å². The van der Waals surface area contributed by atoms with E-state index in [1.165, 1.54) is 38.9 Å². The highest BCUT2D eigenvalue weighted by atomic mass is 15.1. The molecule has 5 aromatic rings. The molecule has 0 heterocycles. The van der Waals surface area contributed by atoms with Gasteiger partial charge in [0.2, 0.25) is 0 Å². The highest BCUT2D eigenvalue weighted by Crippen LogP contribution is 2.38. The topological polar surface area (TPSA) is 3.24 Å². The van der Waals surface area contributed by atoms with Crippen LogP contribution < -0.4 is 4.90 Å². The van der Waals surface area contributed by atoms with Crippen LogP contribution in [0.25, 0.3) is 23.3 Å². The van der Waals surface area contributed by atoms with Gasteiger partial charge in [-0.1, -0.05) is 114 Å². The second kappa shape index (κ2) is 10.5. The lowest BCUT2D eigenvalue weighted by molar-refractivity contribution is 1.27. The lowest BCUT2D eigenvalue weighted by Gasteiger charge is -2.27. The maximum atomic E-state index is 2.33. The molecule has 0 aliphatic heterocycles. The average molecular weight is 466 g/mol. The second-order valence-electron chi connectivity index (χ2n) is 9.39. The summed E-state index contributed by atoms with van der Waals surface area (Å²) in [5.74, 6) is 0. The molecule has 0 amide bonds. The molecule has 0 bridgehead atoms. The Morgan fingerprint density at radius 3 is 1.53 bits per heavy atom. The van der Waals surface area contributed by atoms with Crippen LogP contribution in [0.4, 0.5) is 17.1 Å². The van der Waals surface area contributed by atoms with Gasteiger partial charge < -0.3 is 4.90 Å². The molecule has 0 aliphatic carbocycles. The van der Waals surface area contributed by atoms with Crippen molar-refractivity contribution in [3.05, 3.63) is 149 Å². The molecule has 36 heavy (non-hydrogen) atoms. The molecule has 0 spiro atoms. The Bertz CT molecular complexity index is 1410. The second-order valence-corrected chi connectivity index (χ2v) is 9.39. The molecule has 0 fully saturated rings. The highest BCUT2D eigenvalue weighted by Gasteiger charge is 2.15. The van der Waals surface area contributed by atoms with Gasteiger partial charge in [0.1, 0.15) is 0 Å². The van der Waals surface area contributed by atoms with Gasteiger partial charge in [0.05, 0.1) is 0 Å². The van der Waals surface area contributed by atoms with Gasteiger partial charge >= 0.3 is 0 Å². The SMILES string of the molecule is Cc1ccc(/C=C/c2ccc(N(c3ccc(C)cc3)c3ccc(C)cc3)cc2-c2ccccc2)cc1. The van der Waals surface area contributed by atoms with E-state index in [-0.39, 0.29) is 0 Å². The van der Waals surface area contributed by atoms with E-state index in [4.69, 9.17) is 0 Å². The first-order valence-electron chi connectivity index (χ1n) is 12.4. The molecular formula is C35H31N. The van der Waals surface area contributed by atoms with E-state index in [9.17, 15) is 0 Å². The molecular weight excluding hydrogens is 434 g/mol. The van der Waals surface area contributed by atoms with E-state index < -0.39 is 0 Å². The molecule has 5 aromatic carbocycles. The Hall–Kier alpha value is -4.36. The van der Waals surface area contributed by atoms with Crippen LogP contribution in [0.2, 0.25) is 0 Å². The number of aryl methyl sites for hydroxylation is 3. The maximum absolute atomic E-state index is 2.33. The van der Waals surface area contributed by atoms with Gasteiger partial charge in [0, 0.05) is 17.1 Å². The third-order valence-electron chi connectivity index (χ3n) is 6.50. The van der Waals surface area contributed by atoms with E-state index in [1.54, 1.807) is 0 Å². The summed E-state index contributed by atoms with van der Waals surface area (Å²) in [7, 11) is 0. The minimum Gasteiger partial charge on any atom is -0.310 e. The molecule has 0 saturated heterocycles. The van der Waals surface area contributed by atoms with Crippen LogP contribution >= 0.6 is 0 Å². The largest absolute Gasteiger partial charge is 0.310 e. The Labute approximate surface area is 215 Å². The van der Waals surface area contributed by atoms with Crippen molar-refractivity contribution in [1.29, 1.82) is 0 Å². The Kier molecular flexibility index (Phi) is 6.82. The number of benzene rings is 5. The zero-order valence-corrected chi connectivity index (χ0v) is 21.1. The van der Waals surface area contributed by atoms with Crippen LogP contribution in [-0.4, -0.2) is 0 Å². The zero-order chi connectivity index (χ0) is 24.9. The van der Waals surface area contributed by atoms with E-state index in [1.807, 2.05) is 0 Å². The number of hydrogen-bond donors (Lipinski definition) is 0. The molecule has 5 rings (SSSR count). The normalized spacial score (nSPS) is 11.1. The van der Waals surface area contributed by atoms with Crippen molar-refractivity contribution in [3.63, 3.8) is 0 Å². The standard InChI is InChI=1S/C35H31N/c1-26-9-15-29(16-10-26)17-18-31-19-24-34(25-35(31)30-7-5-4-6-8-30)36(32-20-11-27(2)12-21-32)33-22-13-28(3)14-23-33/h4-25H,1-3H3/b18-17+. The molecule has 0 aromatic heterocycles. The summed E-state index contributed by atoms with van der Waals surface area (Å²) >= 11 is 0. The van der Waals surface area contributed by atoms with Gasteiger partial charge in [0.25, 0.3) is 0 Å². The Balaban J connectivity index is 1.63. The summed E-state index contributed by atoms with van der Waals surface area (Å²) in [6.45, 7) is 6.37. The lowest BCUT2D eigenvalue weighted by Crippen LogP contribution is -2.10. The van der Waals surface area contributed by atoms with Crippen molar-refractivity contribution in [1.82, 2.24) is 0 Å². The summed E-state index contributed by atoms with van der Waals surface area (Å²) in [5, 5.41) is 0. The summed E-state index contributed by atoms with van der Waals surface area (Å²) in [5.41, 5.74) is 12.0. The fraction of sp³-hybridized carbons (Fsp3) is 0.0857. The monoisotopic (exact) mass is 465 g/mol. The van der Waals surface area contributed by atoms with Crippen LogP contribution in [0.5, 0.6) is 0 Å². The number of anilines is 3. The van der Waals surface area contributed by atoms with Crippen LogP contribution in [0.15, 0.2) is 121 Å². The van der Waals surface area contributed by atoms with Crippen molar-refractivity contribution in [3.8, 4) is 11.1 Å². The third-order valence-corrected chi connectivity index (χ3v) is 6.50. The van der Waals surface area contributed by atoms with Gasteiger partial charge in [-0.25, -0.2) is 0 Å². The minimum atomic E-state index is 1.13. The van der Waals surface area contributed by atoms with Crippen LogP contribution in [0, 0.1) is 20.8 Å². The molecule has 0 radical (unpaired) electrons. The van der Waals surface area contributed by atoms with E-state index in [0.717, 1.165) is 17.1 Å². The average Bonchev–Trinajstić information content (AvgIpc) is 2.91. The smallest absolute Gasteiger partial charge is 0.0468 e. The first kappa shape index (κ1) is 23.4. The highest BCUT2D eigenvalue weighted by molar-refractivity contribution is 5.86. The lowest BCUT2D eigenvalue weighted by atomic mass is 9.97. The van der Waals surface area contributed by atoms with Crippen molar-refractivity contribution in [2.45, 2.75) is 20.8 Å². The Morgan fingerprint density at radius 1 is 0.472 bits per heavy atom. The van der Waals surface area contributed by atoms with Gasteiger partial charge in [0.15, 0.2) is 0 Å². The van der Waals surface area contributed by atoms with Gasteiger partial charge in [-0.2, -0.15) is 0 Å². The number of rotatable bonds is 6. The van der Waals surface area contributed by atoms with Crippen LogP contribution in [-0.2, 0) is 0 Å². The summed E-state index contributed by atoms with van der Waals surface area (Å²) in [6.07, 6.45) is 4.41. The van der Waals surface area contributed by atoms with E-state index in [0.29, 0.717) is 0 Å². The van der Waals surface area contributed by atoms with Gasteiger partial charge in [-0.15, -0.1) is 0 Å². The minimum absolute atomic E-state index is 1.13. The van der Waals surface area contributed by atoms with Gasteiger partial charge in [-0.3, -0.25) is 0 Å². The first-order valence-corrected chi connectivity index (χ1v) is 12.4. The molecule has 0 atom stereocenters. The molecule has 1 nitrogen and oxygen atoms in total. The maximum Gasteiger partial charge on any atom is 0.0468 e. The summed E-state index contributed by atoms with van der Waals surface area (Å²) in [4.78, 5) is 2.33. The van der Waals surface area contributed by atoms with E-state index >= 15 is 0 Å². The van der Waals surface area contributed by atoms with Crippen molar-refractivity contribution in [2.24, 2.45) is 0 Å². The van der Waals surface area contributed by atoms with Crippen molar-refractivity contribution < 1.29 is 0 Å². The molecule has 1 heteroatoms. The predicted octanol–water partition coefficient (Wildman–Crippen LogP) is 9.92. The quantitative estimate of drug-likeness (QED) is 0.226. The number of nitrogens with zero attached hydrogens (tertiary/aromatic N) is 1. The predicted molar refractivity (Wildman–Crippen MR) is 156 cm³/mol. The summed E-state index contributed by atoms with van der Waals surface area (Å²) < 4.78 is 0. The molecule has 0 aliphatic rings. The zero-order valence-electron chi connectivity index (χ0n) is 21.1. The van der Waals surface area contributed by atoms with Crippen molar-refractivity contribution >= 4 is 29.2 Å². The fourth-order valence-electron chi connectivity index (χ4n) is 4.39. The van der Waals surface area contributed by atoms with E-state index in [2.05, 4.69) is 159 Å². The Morgan fingerprint density at radius 2 is 0.972 bits per heavy atom. The molecule has 176 valence electrons. The third kappa shape index (κ3) is 5.31. The van der Waals surface area contributed by atoms with Gasteiger partial charge in [-0.05, 0) is 79.4 Å². The number of hydrogen-bond acceptors (Lipinski definition) is 1. The van der Waals surface area contributed by atoms with Crippen LogP contribution in [0.1, 0.15) is 27.8 Å². The molecule has 0 N–H and O–H groups in total. The molecule has 0 saturated carbocycles. The summed E-state index contributed by atoms with van der Waals surface area (Å²) in [6, 6.07) is 43.5. The first-order chi connectivity index (χ1) is 17.6.